The molecule has 2 nitrogen and oxygen atoms in total. The maximum atomic E-state index is 10.5. The molecule has 1 N–H and O–H groups in total. The highest BCUT2D eigenvalue weighted by Crippen LogP contribution is 2.03. The van der Waals surface area contributed by atoms with Crippen LogP contribution in [0.3, 0.4) is 0 Å². The van der Waals surface area contributed by atoms with E-state index >= 15 is 0 Å². The maximum absolute atomic E-state index is 10.5. The quantitative estimate of drug-likeness (QED) is 0.630. The van der Waals surface area contributed by atoms with Crippen molar-refractivity contribution >= 4 is 6.29 Å². The zero-order valence-electron chi connectivity index (χ0n) is 7.98. The molecular formula is C9H19NO. The van der Waals surface area contributed by atoms with Gasteiger partial charge in [-0.1, -0.05) is 13.3 Å². The van der Waals surface area contributed by atoms with Crippen molar-refractivity contribution in [2.75, 3.05) is 0 Å². The van der Waals surface area contributed by atoms with Crippen LogP contribution in [0.15, 0.2) is 0 Å². The predicted octanol–water partition coefficient (Wildman–Crippen LogP) is 1.74. The van der Waals surface area contributed by atoms with Crippen molar-refractivity contribution in [3.05, 3.63) is 0 Å². The van der Waals surface area contributed by atoms with Gasteiger partial charge in [-0.2, -0.15) is 0 Å². The van der Waals surface area contributed by atoms with E-state index in [1.54, 1.807) is 0 Å². The van der Waals surface area contributed by atoms with E-state index in [2.05, 4.69) is 33.0 Å². The smallest absolute Gasteiger partial charge is 0.136 e. The summed E-state index contributed by atoms with van der Waals surface area (Å²) in [7, 11) is 0. The number of rotatable bonds is 4. The molecule has 0 aromatic carbocycles. The number of carbonyl (C=O) groups excluding carboxylic acids is 1. The Labute approximate surface area is 69.4 Å². The highest BCUT2D eigenvalue weighted by atomic mass is 16.1. The van der Waals surface area contributed by atoms with Crippen molar-refractivity contribution in [1.29, 1.82) is 0 Å². The van der Waals surface area contributed by atoms with Crippen LogP contribution in [0.2, 0.25) is 0 Å². The standard InChI is InChI=1S/C9H19NO/c1-5-6-8(7-11)10-9(2,3)4/h7-8,10H,5-6H2,1-4H3/t8-/m0/s1. The Bertz CT molecular complexity index is 115. The normalized spacial score (nSPS) is 14.5. The zero-order chi connectivity index (χ0) is 8.91. The van der Waals surface area contributed by atoms with Crippen LogP contribution in [-0.2, 0) is 4.79 Å². The fraction of sp³-hybridized carbons (Fsp3) is 0.889. The molecule has 0 saturated carbocycles. The summed E-state index contributed by atoms with van der Waals surface area (Å²) in [5.74, 6) is 0. The molecule has 2 heteroatoms. The second-order valence-electron chi connectivity index (χ2n) is 3.93. The fourth-order valence-corrected chi connectivity index (χ4v) is 1.04. The molecule has 0 aliphatic heterocycles. The van der Waals surface area contributed by atoms with Crippen molar-refractivity contribution in [2.24, 2.45) is 0 Å². The van der Waals surface area contributed by atoms with Gasteiger partial charge in [0.25, 0.3) is 0 Å². The monoisotopic (exact) mass is 157 g/mol. The second-order valence-corrected chi connectivity index (χ2v) is 3.93. The van der Waals surface area contributed by atoms with Gasteiger partial charge >= 0.3 is 0 Å². The first-order valence-corrected chi connectivity index (χ1v) is 4.22. The minimum Gasteiger partial charge on any atom is -0.303 e. The largest absolute Gasteiger partial charge is 0.303 e. The van der Waals surface area contributed by atoms with Gasteiger partial charge in [-0.15, -0.1) is 0 Å². The van der Waals surface area contributed by atoms with Gasteiger partial charge in [0.1, 0.15) is 6.29 Å². The van der Waals surface area contributed by atoms with E-state index in [0.29, 0.717) is 0 Å². The van der Waals surface area contributed by atoms with Gasteiger partial charge < -0.3 is 10.1 Å². The molecule has 0 fully saturated rings. The Morgan fingerprint density at radius 3 is 2.27 bits per heavy atom. The first-order valence-electron chi connectivity index (χ1n) is 4.22. The summed E-state index contributed by atoms with van der Waals surface area (Å²) >= 11 is 0. The van der Waals surface area contributed by atoms with Crippen LogP contribution in [0.25, 0.3) is 0 Å². The lowest BCUT2D eigenvalue weighted by molar-refractivity contribution is -0.110. The summed E-state index contributed by atoms with van der Waals surface area (Å²) in [5, 5.41) is 3.24. The van der Waals surface area contributed by atoms with E-state index in [9.17, 15) is 4.79 Å². The molecule has 0 aromatic heterocycles. The third kappa shape index (κ3) is 6.05. The molecule has 0 spiro atoms. The van der Waals surface area contributed by atoms with Gasteiger partial charge in [0, 0.05) is 5.54 Å². The van der Waals surface area contributed by atoms with Crippen LogP contribution in [0.5, 0.6) is 0 Å². The highest BCUT2D eigenvalue weighted by molar-refractivity contribution is 5.57. The lowest BCUT2D eigenvalue weighted by Gasteiger charge is -2.24. The van der Waals surface area contributed by atoms with Gasteiger partial charge in [-0.25, -0.2) is 0 Å². The molecule has 66 valence electrons. The van der Waals surface area contributed by atoms with Crippen molar-refractivity contribution < 1.29 is 4.79 Å². The van der Waals surface area contributed by atoms with Crippen LogP contribution in [0.1, 0.15) is 40.5 Å². The predicted molar refractivity (Wildman–Crippen MR) is 47.6 cm³/mol. The Kier molecular flexibility index (Phi) is 4.34. The first kappa shape index (κ1) is 10.6. The first-order chi connectivity index (χ1) is 4.99. The molecule has 0 aromatic rings. The molecule has 0 aliphatic rings. The molecule has 0 saturated heterocycles. The maximum Gasteiger partial charge on any atom is 0.136 e. The van der Waals surface area contributed by atoms with Crippen molar-refractivity contribution in [1.82, 2.24) is 5.32 Å². The highest BCUT2D eigenvalue weighted by Gasteiger charge is 2.14. The van der Waals surface area contributed by atoms with E-state index in [1.807, 2.05) is 0 Å². The number of carbonyl (C=O) groups is 1. The molecule has 0 amide bonds. The summed E-state index contributed by atoms with van der Waals surface area (Å²) in [6, 6.07) is 0.0278. The molecule has 1 atom stereocenters. The summed E-state index contributed by atoms with van der Waals surface area (Å²) < 4.78 is 0. The topological polar surface area (TPSA) is 29.1 Å². The van der Waals surface area contributed by atoms with Gasteiger partial charge in [-0.05, 0) is 27.2 Å². The Morgan fingerprint density at radius 1 is 1.45 bits per heavy atom. The molecule has 0 rings (SSSR count). The minimum absolute atomic E-state index is 0.0278. The van der Waals surface area contributed by atoms with Crippen LogP contribution >= 0.6 is 0 Å². The lowest BCUT2D eigenvalue weighted by atomic mass is 10.1. The summed E-state index contributed by atoms with van der Waals surface area (Å²) in [6.45, 7) is 8.29. The fourth-order valence-electron chi connectivity index (χ4n) is 1.04. The van der Waals surface area contributed by atoms with E-state index in [1.165, 1.54) is 0 Å². The summed E-state index contributed by atoms with van der Waals surface area (Å²) in [4.78, 5) is 10.5. The molecular weight excluding hydrogens is 138 g/mol. The Balaban J connectivity index is 3.77. The van der Waals surface area contributed by atoms with E-state index < -0.39 is 0 Å². The summed E-state index contributed by atoms with van der Waals surface area (Å²) in [6.07, 6.45) is 2.97. The van der Waals surface area contributed by atoms with E-state index in [-0.39, 0.29) is 11.6 Å². The van der Waals surface area contributed by atoms with Crippen LogP contribution in [0, 0.1) is 0 Å². The van der Waals surface area contributed by atoms with Gasteiger partial charge in [-0.3, -0.25) is 0 Å². The third-order valence-electron chi connectivity index (χ3n) is 1.38. The molecule has 0 bridgehead atoms. The van der Waals surface area contributed by atoms with Gasteiger partial charge in [0.2, 0.25) is 0 Å². The second kappa shape index (κ2) is 4.50. The number of hydrogen-bond donors (Lipinski definition) is 1. The third-order valence-corrected chi connectivity index (χ3v) is 1.38. The van der Waals surface area contributed by atoms with Crippen LogP contribution in [-0.4, -0.2) is 17.9 Å². The number of nitrogens with one attached hydrogen (secondary N) is 1. The number of hydrogen-bond acceptors (Lipinski definition) is 2. The van der Waals surface area contributed by atoms with Crippen molar-refractivity contribution in [2.45, 2.75) is 52.1 Å². The van der Waals surface area contributed by atoms with Gasteiger partial charge in [0.05, 0.1) is 6.04 Å². The zero-order valence-corrected chi connectivity index (χ0v) is 7.98. The van der Waals surface area contributed by atoms with Crippen molar-refractivity contribution in [3.63, 3.8) is 0 Å². The molecule has 0 heterocycles. The molecule has 0 unspecified atom stereocenters. The number of aldehydes is 1. The van der Waals surface area contributed by atoms with Crippen LogP contribution in [0.4, 0.5) is 0 Å². The minimum atomic E-state index is 0.0278. The SMILES string of the molecule is CCC[C@@H](C=O)NC(C)(C)C. The molecule has 11 heavy (non-hydrogen) atoms. The Hall–Kier alpha value is -0.370. The van der Waals surface area contributed by atoms with Crippen LogP contribution < -0.4 is 5.32 Å². The summed E-state index contributed by atoms with van der Waals surface area (Å²) in [5.41, 5.74) is 0.0424. The lowest BCUT2D eigenvalue weighted by Crippen LogP contribution is -2.44. The Morgan fingerprint density at radius 2 is 2.00 bits per heavy atom. The van der Waals surface area contributed by atoms with E-state index in [0.717, 1.165) is 19.1 Å². The average Bonchev–Trinajstić information content (AvgIpc) is 1.84. The van der Waals surface area contributed by atoms with E-state index in [4.69, 9.17) is 0 Å². The molecule has 0 radical (unpaired) electrons. The van der Waals surface area contributed by atoms with Crippen molar-refractivity contribution in [3.8, 4) is 0 Å². The van der Waals surface area contributed by atoms with Gasteiger partial charge in [0.15, 0.2) is 0 Å². The average molecular weight is 157 g/mol. The molecule has 0 aliphatic carbocycles.